The highest BCUT2D eigenvalue weighted by Crippen LogP contribution is 2.10. The SMILES string of the molecule is COC(C)OCCS(=O)(=O)c1cccn1C. The van der Waals surface area contributed by atoms with E-state index in [4.69, 9.17) is 9.47 Å². The lowest BCUT2D eigenvalue weighted by atomic mass is 10.7. The van der Waals surface area contributed by atoms with Crippen LogP contribution in [0.25, 0.3) is 0 Å². The second kappa shape index (κ2) is 5.47. The minimum atomic E-state index is -3.27. The minimum absolute atomic E-state index is 0.0431. The first-order valence-corrected chi connectivity index (χ1v) is 6.61. The number of rotatable bonds is 6. The molecule has 0 radical (unpaired) electrons. The molecule has 0 saturated heterocycles. The Kier molecular flexibility index (Phi) is 4.52. The Bertz CT molecular complexity index is 424. The van der Waals surface area contributed by atoms with E-state index in [0.29, 0.717) is 5.03 Å². The van der Waals surface area contributed by atoms with Crippen LogP contribution in [0.1, 0.15) is 6.92 Å². The zero-order valence-corrected chi connectivity index (χ0v) is 10.5. The van der Waals surface area contributed by atoms with Gasteiger partial charge in [0.15, 0.2) is 16.1 Å². The molecule has 1 unspecified atom stereocenters. The van der Waals surface area contributed by atoms with Crippen LogP contribution in [0.15, 0.2) is 23.4 Å². The molecule has 1 aromatic heterocycles. The summed E-state index contributed by atoms with van der Waals surface area (Å²) in [4.78, 5) is 0. The first-order valence-electron chi connectivity index (χ1n) is 4.96. The Labute approximate surface area is 95.9 Å². The van der Waals surface area contributed by atoms with Gasteiger partial charge in [0.05, 0.1) is 12.4 Å². The Morgan fingerprint density at radius 3 is 2.69 bits per heavy atom. The van der Waals surface area contributed by atoms with E-state index in [1.165, 1.54) is 7.11 Å². The maximum Gasteiger partial charge on any atom is 0.196 e. The van der Waals surface area contributed by atoms with E-state index in [0.717, 1.165) is 0 Å². The van der Waals surface area contributed by atoms with Crippen LogP contribution in [0.2, 0.25) is 0 Å². The van der Waals surface area contributed by atoms with Gasteiger partial charge in [0.1, 0.15) is 5.03 Å². The molecule has 0 aromatic carbocycles. The topological polar surface area (TPSA) is 57.5 Å². The van der Waals surface area contributed by atoms with Gasteiger partial charge >= 0.3 is 0 Å². The van der Waals surface area contributed by atoms with Crippen molar-refractivity contribution in [1.29, 1.82) is 0 Å². The number of methoxy groups -OCH3 is 1. The zero-order chi connectivity index (χ0) is 12.2. The van der Waals surface area contributed by atoms with Gasteiger partial charge in [-0.15, -0.1) is 0 Å². The Balaban J connectivity index is 2.57. The lowest BCUT2D eigenvalue weighted by Crippen LogP contribution is -2.19. The second-order valence-corrected chi connectivity index (χ2v) is 5.51. The smallest absolute Gasteiger partial charge is 0.196 e. The Morgan fingerprint density at radius 1 is 1.50 bits per heavy atom. The van der Waals surface area contributed by atoms with Crippen LogP contribution in [-0.2, 0) is 26.4 Å². The molecule has 0 amide bonds. The van der Waals surface area contributed by atoms with Gasteiger partial charge in [-0.25, -0.2) is 8.42 Å². The van der Waals surface area contributed by atoms with Crippen molar-refractivity contribution in [1.82, 2.24) is 4.57 Å². The molecule has 92 valence electrons. The molecule has 0 spiro atoms. The monoisotopic (exact) mass is 247 g/mol. The lowest BCUT2D eigenvalue weighted by molar-refractivity contribution is -0.106. The highest BCUT2D eigenvalue weighted by atomic mass is 32.2. The van der Waals surface area contributed by atoms with Gasteiger partial charge in [0.25, 0.3) is 0 Å². The van der Waals surface area contributed by atoms with Crippen molar-refractivity contribution in [2.24, 2.45) is 7.05 Å². The van der Waals surface area contributed by atoms with E-state index >= 15 is 0 Å². The van der Waals surface area contributed by atoms with Crippen LogP contribution >= 0.6 is 0 Å². The van der Waals surface area contributed by atoms with E-state index in [1.807, 2.05) is 0 Å². The van der Waals surface area contributed by atoms with E-state index in [1.54, 1.807) is 36.9 Å². The molecule has 0 bridgehead atoms. The van der Waals surface area contributed by atoms with Crippen molar-refractivity contribution in [3.63, 3.8) is 0 Å². The normalized spacial score (nSPS) is 13.9. The minimum Gasteiger partial charge on any atom is -0.356 e. The van der Waals surface area contributed by atoms with E-state index in [-0.39, 0.29) is 18.6 Å². The van der Waals surface area contributed by atoms with Crippen LogP contribution in [0.5, 0.6) is 0 Å². The average molecular weight is 247 g/mol. The average Bonchev–Trinajstić information content (AvgIpc) is 2.64. The number of nitrogens with zero attached hydrogens (tertiary/aromatic N) is 1. The highest BCUT2D eigenvalue weighted by molar-refractivity contribution is 7.91. The van der Waals surface area contributed by atoms with Gasteiger partial charge in [0.2, 0.25) is 0 Å². The van der Waals surface area contributed by atoms with Crippen LogP contribution in [-0.4, -0.2) is 38.7 Å². The van der Waals surface area contributed by atoms with Gasteiger partial charge in [-0.05, 0) is 19.1 Å². The van der Waals surface area contributed by atoms with Crippen molar-refractivity contribution in [3.8, 4) is 0 Å². The molecule has 1 atom stereocenters. The van der Waals surface area contributed by atoms with Gasteiger partial charge in [-0.2, -0.15) is 0 Å². The van der Waals surface area contributed by atoms with Gasteiger partial charge < -0.3 is 14.0 Å². The van der Waals surface area contributed by atoms with Crippen molar-refractivity contribution in [2.75, 3.05) is 19.5 Å². The van der Waals surface area contributed by atoms with Crippen molar-refractivity contribution >= 4 is 9.84 Å². The quantitative estimate of drug-likeness (QED) is 0.698. The van der Waals surface area contributed by atoms with Crippen LogP contribution in [0.4, 0.5) is 0 Å². The summed E-state index contributed by atoms with van der Waals surface area (Å²) in [5, 5.41) is 0.307. The molecule has 1 aromatic rings. The molecule has 0 saturated carbocycles. The maximum atomic E-state index is 11.8. The van der Waals surface area contributed by atoms with Crippen molar-refractivity contribution < 1.29 is 17.9 Å². The number of sulfone groups is 1. The third-order valence-electron chi connectivity index (χ3n) is 2.25. The Morgan fingerprint density at radius 2 is 2.19 bits per heavy atom. The van der Waals surface area contributed by atoms with Gasteiger partial charge in [-0.3, -0.25) is 0 Å². The summed E-state index contributed by atoms with van der Waals surface area (Å²) in [7, 11) is -0.0589. The summed E-state index contributed by atoms with van der Waals surface area (Å²) in [5.74, 6) is -0.0431. The molecular formula is C10H17NO4S. The molecule has 0 fully saturated rings. The number of aryl methyl sites for hydroxylation is 1. The molecule has 6 heteroatoms. The molecule has 0 N–H and O–H groups in total. The standard InChI is InChI=1S/C10H17NO4S/c1-9(14-3)15-7-8-16(12,13)10-5-4-6-11(10)2/h4-6,9H,7-8H2,1-3H3. The Hall–Kier alpha value is -0.850. The van der Waals surface area contributed by atoms with Crippen molar-refractivity contribution in [3.05, 3.63) is 18.3 Å². The van der Waals surface area contributed by atoms with E-state index in [2.05, 4.69) is 0 Å². The number of hydrogen-bond acceptors (Lipinski definition) is 4. The fourth-order valence-electron chi connectivity index (χ4n) is 1.26. The third kappa shape index (κ3) is 3.33. The second-order valence-electron chi connectivity index (χ2n) is 3.45. The van der Waals surface area contributed by atoms with Crippen LogP contribution in [0, 0.1) is 0 Å². The first-order chi connectivity index (χ1) is 7.47. The predicted molar refractivity (Wildman–Crippen MR) is 59.9 cm³/mol. The molecular weight excluding hydrogens is 230 g/mol. The summed E-state index contributed by atoms with van der Waals surface area (Å²) < 4.78 is 35.3. The van der Waals surface area contributed by atoms with Gasteiger partial charge in [-0.1, -0.05) is 0 Å². The maximum absolute atomic E-state index is 11.8. The third-order valence-corrected chi connectivity index (χ3v) is 4.02. The van der Waals surface area contributed by atoms with E-state index < -0.39 is 9.84 Å². The summed E-state index contributed by atoms with van der Waals surface area (Å²) in [6.07, 6.45) is 1.31. The summed E-state index contributed by atoms with van der Waals surface area (Å²) >= 11 is 0. The van der Waals surface area contributed by atoms with E-state index in [9.17, 15) is 8.42 Å². The molecule has 16 heavy (non-hydrogen) atoms. The fraction of sp³-hybridized carbons (Fsp3) is 0.600. The molecule has 0 aliphatic carbocycles. The number of ether oxygens (including phenoxy) is 2. The first kappa shape index (κ1) is 13.2. The molecule has 5 nitrogen and oxygen atoms in total. The molecule has 0 aliphatic rings. The highest BCUT2D eigenvalue weighted by Gasteiger charge is 2.17. The summed E-state index contributed by atoms with van der Waals surface area (Å²) in [5.41, 5.74) is 0. The lowest BCUT2D eigenvalue weighted by Gasteiger charge is -2.11. The van der Waals surface area contributed by atoms with Crippen molar-refractivity contribution in [2.45, 2.75) is 18.2 Å². The summed E-state index contributed by atoms with van der Waals surface area (Å²) in [6, 6.07) is 3.28. The molecule has 1 rings (SSSR count). The van der Waals surface area contributed by atoms with Crippen LogP contribution in [0.3, 0.4) is 0 Å². The molecule has 0 aliphatic heterocycles. The molecule has 1 heterocycles. The predicted octanol–water partition coefficient (Wildman–Crippen LogP) is 0.808. The summed E-state index contributed by atoms with van der Waals surface area (Å²) in [6.45, 7) is 1.84. The van der Waals surface area contributed by atoms with Crippen LogP contribution < -0.4 is 0 Å². The fourth-order valence-corrected chi connectivity index (χ4v) is 2.58. The van der Waals surface area contributed by atoms with Gasteiger partial charge in [0, 0.05) is 20.4 Å². The number of hydrogen-bond donors (Lipinski definition) is 0. The largest absolute Gasteiger partial charge is 0.356 e. The zero-order valence-electron chi connectivity index (χ0n) is 9.71. The number of aromatic nitrogens is 1.